The Labute approximate surface area is 113 Å². The summed E-state index contributed by atoms with van der Waals surface area (Å²) in [5.41, 5.74) is 0.728. The van der Waals surface area contributed by atoms with E-state index in [-0.39, 0.29) is 11.3 Å². The number of H-pyrrole nitrogens is 1. The average Bonchev–Trinajstić information content (AvgIpc) is 3.02. The number of imidazole rings is 1. The molecule has 0 spiro atoms. The molecule has 0 atom stereocenters. The minimum Gasteiger partial charge on any atom is -0.478 e. The highest BCUT2D eigenvalue weighted by Gasteiger charge is 2.15. The third kappa shape index (κ3) is 2.01. The van der Waals surface area contributed by atoms with Crippen molar-refractivity contribution in [2.24, 2.45) is 0 Å². The highest BCUT2D eigenvalue weighted by Crippen LogP contribution is 2.16. The molecule has 3 aromatic rings. The predicted molar refractivity (Wildman–Crippen MR) is 71.9 cm³/mol. The Bertz CT molecular complexity index is 811. The number of aromatic amines is 1. The molecule has 0 saturated heterocycles. The summed E-state index contributed by atoms with van der Waals surface area (Å²) in [5, 5.41) is 9.22. The largest absolute Gasteiger partial charge is 0.478 e. The van der Waals surface area contributed by atoms with Gasteiger partial charge < -0.3 is 14.5 Å². The van der Waals surface area contributed by atoms with Gasteiger partial charge in [0, 0.05) is 13.0 Å². The van der Waals surface area contributed by atoms with E-state index in [0.29, 0.717) is 24.0 Å². The average molecular weight is 272 g/mol. The van der Waals surface area contributed by atoms with Crippen molar-refractivity contribution < 1.29 is 14.3 Å². The molecule has 0 aliphatic rings. The van der Waals surface area contributed by atoms with E-state index in [1.807, 2.05) is 6.07 Å². The molecule has 2 aromatic heterocycles. The Morgan fingerprint density at radius 1 is 1.30 bits per heavy atom. The standard InChI is InChI=1S/C14H12N2O4/c17-13(18)10-4-1-5-11-12(10)16(14(19)15-11)7-6-9-3-2-8-20-9/h1-5,8H,6-7H2,(H,15,19)(H,17,18). The summed E-state index contributed by atoms with van der Waals surface area (Å²) in [6.07, 6.45) is 2.09. The SMILES string of the molecule is O=C(O)c1cccc2[nH]c(=O)n(CCc3ccco3)c12. The smallest absolute Gasteiger partial charge is 0.337 e. The molecule has 2 N–H and O–H groups in total. The summed E-state index contributed by atoms with van der Waals surface area (Å²) in [6, 6.07) is 8.38. The first-order valence-electron chi connectivity index (χ1n) is 6.14. The minimum absolute atomic E-state index is 0.111. The van der Waals surface area contributed by atoms with E-state index in [1.165, 1.54) is 10.6 Å². The lowest BCUT2D eigenvalue weighted by Gasteiger charge is -2.04. The molecule has 0 saturated carbocycles. The maximum atomic E-state index is 12.0. The van der Waals surface area contributed by atoms with Gasteiger partial charge in [0.2, 0.25) is 0 Å². The molecule has 6 nitrogen and oxygen atoms in total. The van der Waals surface area contributed by atoms with Gasteiger partial charge in [-0.2, -0.15) is 0 Å². The zero-order chi connectivity index (χ0) is 14.1. The Balaban J connectivity index is 2.07. The fourth-order valence-corrected chi connectivity index (χ4v) is 2.28. The molecule has 0 radical (unpaired) electrons. The number of aromatic nitrogens is 2. The van der Waals surface area contributed by atoms with Crippen molar-refractivity contribution in [2.45, 2.75) is 13.0 Å². The van der Waals surface area contributed by atoms with Crippen molar-refractivity contribution >= 4 is 17.0 Å². The van der Waals surface area contributed by atoms with Gasteiger partial charge in [-0.05, 0) is 24.3 Å². The summed E-state index contributed by atoms with van der Waals surface area (Å²) in [4.78, 5) is 25.9. The maximum absolute atomic E-state index is 12.0. The first kappa shape index (κ1) is 12.3. The van der Waals surface area contributed by atoms with Gasteiger partial charge in [-0.15, -0.1) is 0 Å². The second-order valence-corrected chi connectivity index (χ2v) is 4.42. The molecule has 20 heavy (non-hydrogen) atoms. The van der Waals surface area contributed by atoms with Crippen molar-refractivity contribution in [3.63, 3.8) is 0 Å². The van der Waals surface area contributed by atoms with Crippen LogP contribution in [-0.2, 0) is 13.0 Å². The molecular weight excluding hydrogens is 260 g/mol. The molecule has 0 amide bonds. The minimum atomic E-state index is -1.05. The van der Waals surface area contributed by atoms with Gasteiger partial charge in [-0.3, -0.25) is 4.57 Å². The van der Waals surface area contributed by atoms with Gasteiger partial charge in [-0.25, -0.2) is 9.59 Å². The lowest BCUT2D eigenvalue weighted by atomic mass is 10.2. The third-order valence-corrected chi connectivity index (χ3v) is 3.19. The molecule has 1 aromatic carbocycles. The Hall–Kier alpha value is -2.76. The molecule has 6 heteroatoms. The zero-order valence-corrected chi connectivity index (χ0v) is 10.5. The molecule has 0 unspecified atom stereocenters. The fraction of sp³-hybridized carbons (Fsp3) is 0.143. The summed E-state index contributed by atoms with van der Waals surface area (Å²) in [7, 11) is 0. The zero-order valence-electron chi connectivity index (χ0n) is 10.5. The van der Waals surface area contributed by atoms with Crippen molar-refractivity contribution in [1.82, 2.24) is 9.55 Å². The van der Waals surface area contributed by atoms with Crippen LogP contribution in [0.25, 0.3) is 11.0 Å². The molecule has 102 valence electrons. The van der Waals surface area contributed by atoms with Crippen LogP contribution in [-0.4, -0.2) is 20.6 Å². The number of fused-ring (bicyclic) bond motifs is 1. The molecule has 2 heterocycles. The molecule has 0 bridgehead atoms. The summed E-state index contributed by atoms with van der Waals surface area (Å²) >= 11 is 0. The first-order valence-corrected chi connectivity index (χ1v) is 6.14. The summed E-state index contributed by atoms with van der Waals surface area (Å²) in [6.45, 7) is 0.358. The second-order valence-electron chi connectivity index (χ2n) is 4.42. The highest BCUT2D eigenvalue weighted by atomic mass is 16.4. The Kier molecular flexibility index (Phi) is 2.90. The number of carboxylic acid groups (broad SMARTS) is 1. The number of furan rings is 1. The van der Waals surface area contributed by atoms with Crippen LogP contribution in [0.5, 0.6) is 0 Å². The van der Waals surface area contributed by atoms with E-state index in [0.717, 1.165) is 5.76 Å². The van der Waals surface area contributed by atoms with E-state index < -0.39 is 5.97 Å². The summed E-state index contributed by atoms with van der Waals surface area (Å²) < 4.78 is 6.65. The number of benzene rings is 1. The topological polar surface area (TPSA) is 88.2 Å². The monoisotopic (exact) mass is 272 g/mol. The summed E-state index contributed by atoms with van der Waals surface area (Å²) in [5.74, 6) is -0.305. The number of para-hydroxylation sites is 1. The fourth-order valence-electron chi connectivity index (χ4n) is 2.28. The van der Waals surface area contributed by atoms with Crippen LogP contribution < -0.4 is 5.69 Å². The van der Waals surface area contributed by atoms with Crippen LogP contribution >= 0.6 is 0 Å². The van der Waals surface area contributed by atoms with Crippen LogP contribution in [0.2, 0.25) is 0 Å². The van der Waals surface area contributed by atoms with Crippen LogP contribution in [0.3, 0.4) is 0 Å². The highest BCUT2D eigenvalue weighted by molar-refractivity contribution is 6.01. The van der Waals surface area contributed by atoms with Crippen molar-refractivity contribution in [3.05, 3.63) is 58.4 Å². The van der Waals surface area contributed by atoms with Gasteiger partial charge in [-0.1, -0.05) is 6.07 Å². The number of hydrogen-bond donors (Lipinski definition) is 2. The second kappa shape index (κ2) is 4.73. The molecular formula is C14H12N2O4. The normalized spacial score (nSPS) is 11.0. The number of hydrogen-bond acceptors (Lipinski definition) is 3. The molecule has 0 aliphatic carbocycles. The number of carboxylic acids is 1. The van der Waals surface area contributed by atoms with E-state index in [1.54, 1.807) is 24.5 Å². The van der Waals surface area contributed by atoms with Gasteiger partial charge in [0.15, 0.2) is 0 Å². The number of rotatable bonds is 4. The molecule has 3 rings (SSSR count). The van der Waals surface area contributed by atoms with Crippen molar-refractivity contribution in [2.75, 3.05) is 0 Å². The van der Waals surface area contributed by atoms with Gasteiger partial charge >= 0.3 is 11.7 Å². The number of carbonyl (C=O) groups is 1. The Morgan fingerprint density at radius 2 is 2.15 bits per heavy atom. The van der Waals surface area contributed by atoms with Crippen molar-refractivity contribution in [3.8, 4) is 0 Å². The molecule has 0 aliphatic heterocycles. The lowest BCUT2D eigenvalue weighted by molar-refractivity contribution is 0.0698. The predicted octanol–water partition coefficient (Wildman–Crippen LogP) is 1.86. The van der Waals surface area contributed by atoms with E-state index in [2.05, 4.69) is 4.98 Å². The quantitative estimate of drug-likeness (QED) is 0.758. The third-order valence-electron chi connectivity index (χ3n) is 3.19. The van der Waals surface area contributed by atoms with Crippen LogP contribution in [0, 0.1) is 0 Å². The van der Waals surface area contributed by atoms with Crippen LogP contribution in [0.1, 0.15) is 16.1 Å². The van der Waals surface area contributed by atoms with E-state index in [9.17, 15) is 14.7 Å². The van der Waals surface area contributed by atoms with E-state index in [4.69, 9.17) is 4.42 Å². The van der Waals surface area contributed by atoms with Gasteiger partial charge in [0.05, 0.1) is 22.9 Å². The number of aromatic carboxylic acids is 1. The van der Waals surface area contributed by atoms with E-state index >= 15 is 0 Å². The van der Waals surface area contributed by atoms with Gasteiger partial charge in [0.25, 0.3) is 0 Å². The van der Waals surface area contributed by atoms with Gasteiger partial charge in [0.1, 0.15) is 5.76 Å². The lowest BCUT2D eigenvalue weighted by Crippen LogP contribution is -2.18. The van der Waals surface area contributed by atoms with Crippen molar-refractivity contribution in [1.29, 1.82) is 0 Å². The molecule has 0 fully saturated rings. The van der Waals surface area contributed by atoms with Crippen LogP contribution in [0.15, 0.2) is 45.8 Å². The number of aryl methyl sites for hydroxylation is 2. The Morgan fingerprint density at radius 3 is 2.85 bits per heavy atom. The number of nitrogens with zero attached hydrogens (tertiary/aromatic N) is 1. The number of nitrogens with one attached hydrogen (secondary N) is 1. The first-order chi connectivity index (χ1) is 9.66. The maximum Gasteiger partial charge on any atom is 0.337 e. The van der Waals surface area contributed by atoms with Crippen LogP contribution in [0.4, 0.5) is 0 Å².